The average molecular weight is 260 g/mol. The van der Waals surface area contributed by atoms with Crippen LogP contribution in [0.3, 0.4) is 0 Å². The van der Waals surface area contributed by atoms with Gasteiger partial charge in [0, 0.05) is 11.6 Å². The van der Waals surface area contributed by atoms with Gasteiger partial charge in [-0.3, -0.25) is 0 Å². The number of hydrogen-bond donors (Lipinski definition) is 1. The Morgan fingerprint density at radius 3 is 2.71 bits per heavy atom. The van der Waals surface area contributed by atoms with Crippen LogP contribution >= 0.6 is 11.6 Å². The van der Waals surface area contributed by atoms with E-state index in [1.54, 1.807) is 7.05 Å². The molecule has 94 valence electrons. The molecule has 0 fully saturated rings. The highest BCUT2D eigenvalue weighted by atomic mass is 35.5. The molecule has 0 aliphatic heterocycles. The van der Waals surface area contributed by atoms with Crippen LogP contribution in [-0.4, -0.2) is 7.05 Å². The van der Waals surface area contributed by atoms with E-state index in [0.717, 1.165) is 31.4 Å². The molecule has 0 saturated heterocycles. The standard InChI is InChI=1S/C13H16ClF2N/c1-3-4-5-6-13(17-2)9-7-12(16)10(14)8-11(9)15/h3,7-8,13,17H,1,4-6H2,2H3. The molecule has 0 spiro atoms. The molecular weight excluding hydrogens is 244 g/mol. The van der Waals surface area contributed by atoms with E-state index >= 15 is 0 Å². The lowest BCUT2D eigenvalue weighted by Gasteiger charge is -2.17. The Kier molecular flexibility index (Phi) is 5.59. The van der Waals surface area contributed by atoms with Crippen molar-refractivity contribution in [1.82, 2.24) is 5.32 Å². The SMILES string of the molecule is C=CCCCC(NC)c1cc(F)c(Cl)cc1F. The van der Waals surface area contributed by atoms with Gasteiger partial charge in [-0.1, -0.05) is 17.7 Å². The zero-order valence-electron chi connectivity index (χ0n) is 9.77. The van der Waals surface area contributed by atoms with Crippen molar-refractivity contribution in [3.05, 3.63) is 47.0 Å². The molecule has 1 rings (SSSR count). The molecule has 0 heterocycles. The Hall–Kier alpha value is -0.930. The molecule has 4 heteroatoms. The van der Waals surface area contributed by atoms with Gasteiger partial charge in [-0.05, 0) is 38.4 Å². The second-order valence-electron chi connectivity index (χ2n) is 3.85. The lowest BCUT2D eigenvalue weighted by Crippen LogP contribution is -2.18. The molecule has 1 aromatic carbocycles. The molecule has 17 heavy (non-hydrogen) atoms. The molecular formula is C13H16ClF2N. The third-order valence-corrected chi connectivity index (χ3v) is 2.95. The van der Waals surface area contributed by atoms with Gasteiger partial charge in [-0.15, -0.1) is 6.58 Å². The maximum Gasteiger partial charge on any atom is 0.142 e. The lowest BCUT2D eigenvalue weighted by atomic mass is 10.0. The molecule has 1 atom stereocenters. The highest BCUT2D eigenvalue weighted by Crippen LogP contribution is 2.26. The maximum absolute atomic E-state index is 13.7. The van der Waals surface area contributed by atoms with Gasteiger partial charge in [0.1, 0.15) is 11.6 Å². The van der Waals surface area contributed by atoms with Gasteiger partial charge in [0.15, 0.2) is 0 Å². The van der Waals surface area contributed by atoms with Crippen LogP contribution in [0.5, 0.6) is 0 Å². The highest BCUT2D eigenvalue weighted by molar-refractivity contribution is 6.30. The summed E-state index contributed by atoms with van der Waals surface area (Å²) in [5.41, 5.74) is 0.318. The van der Waals surface area contributed by atoms with Gasteiger partial charge < -0.3 is 5.32 Å². The van der Waals surface area contributed by atoms with Gasteiger partial charge in [-0.2, -0.15) is 0 Å². The predicted molar refractivity (Wildman–Crippen MR) is 67.2 cm³/mol. The fourth-order valence-electron chi connectivity index (χ4n) is 1.73. The number of halogens is 3. The van der Waals surface area contributed by atoms with E-state index < -0.39 is 11.6 Å². The molecule has 0 bridgehead atoms. The van der Waals surface area contributed by atoms with Crippen LogP contribution in [-0.2, 0) is 0 Å². The average Bonchev–Trinajstić information content (AvgIpc) is 2.30. The van der Waals surface area contributed by atoms with E-state index in [2.05, 4.69) is 11.9 Å². The number of rotatable bonds is 6. The van der Waals surface area contributed by atoms with Crippen LogP contribution in [0.25, 0.3) is 0 Å². The Morgan fingerprint density at radius 2 is 2.12 bits per heavy atom. The monoisotopic (exact) mass is 259 g/mol. The summed E-state index contributed by atoms with van der Waals surface area (Å²) in [6.07, 6.45) is 4.26. The molecule has 1 unspecified atom stereocenters. The molecule has 1 aromatic rings. The first-order chi connectivity index (χ1) is 8.10. The van der Waals surface area contributed by atoms with Gasteiger partial charge in [0.25, 0.3) is 0 Å². The number of hydrogen-bond acceptors (Lipinski definition) is 1. The van der Waals surface area contributed by atoms with Crippen molar-refractivity contribution in [2.75, 3.05) is 7.05 Å². The van der Waals surface area contributed by atoms with Crippen molar-refractivity contribution in [2.24, 2.45) is 0 Å². The first kappa shape index (κ1) is 14.1. The molecule has 0 radical (unpaired) electrons. The summed E-state index contributed by atoms with van der Waals surface area (Å²) in [6.45, 7) is 3.63. The summed E-state index contributed by atoms with van der Waals surface area (Å²) in [5.74, 6) is -1.07. The third kappa shape index (κ3) is 3.79. The second kappa shape index (κ2) is 6.72. The Labute approximate surface area is 105 Å². The fraction of sp³-hybridized carbons (Fsp3) is 0.385. The van der Waals surface area contributed by atoms with Crippen LogP contribution in [0.4, 0.5) is 8.78 Å². The summed E-state index contributed by atoms with van der Waals surface area (Å²) in [5, 5.41) is 2.79. The van der Waals surface area contributed by atoms with Crippen LogP contribution < -0.4 is 5.32 Å². The Balaban J connectivity index is 2.87. The van der Waals surface area contributed by atoms with Crippen LogP contribution in [0.1, 0.15) is 30.9 Å². The minimum Gasteiger partial charge on any atom is -0.313 e. The molecule has 0 saturated carbocycles. The smallest absolute Gasteiger partial charge is 0.142 e. The largest absolute Gasteiger partial charge is 0.313 e. The first-order valence-corrected chi connectivity index (χ1v) is 5.90. The minimum atomic E-state index is -0.591. The summed E-state index contributed by atoms with van der Waals surface area (Å²) >= 11 is 5.51. The predicted octanol–water partition coefficient (Wildman–Crippen LogP) is 4.24. The lowest BCUT2D eigenvalue weighted by molar-refractivity contribution is 0.490. The minimum absolute atomic E-state index is 0.188. The molecule has 0 aliphatic rings. The second-order valence-corrected chi connectivity index (χ2v) is 4.26. The maximum atomic E-state index is 13.7. The quantitative estimate of drug-likeness (QED) is 0.458. The molecule has 1 N–H and O–H groups in total. The summed E-state index contributed by atoms with van der Waals surface area (Å²) in [6, 6.07) is 1.97. The van der Waals surface area contributed by atoms with Crippen molar-refractivity contribution in [2.45, 2.75) is 25.3 Å². The van der Waals surface area contributed by atoms with Gasteiger partial charge in [0.2, 0.25) is 0 Å². The van der Waals surface area contributed by atoms with Crippen molar-refractivity contribution < 1.29 is 8.78 Å². The van der Waals surface area contributed by atoms with Crippen LogP contribution in [0.2, 0.25) is 5.02 Å². The molecule has 0 aliphatic carbocycles. The number of nitrogens with one attached hydrogen (secondary N) is 1. The topological polar surface area (TPSA) is 12.0 Å². The first-order valence-electron chi connectivity index (χ1n) is 5.52. The normalized spacial score (nSPS) is 12.5. The van der Waals surface area contributed by atoms with Crippen LogP contribution in [0.15, 0.2) is 24.8 Å². The van der Waals surface area contributed by atoms with Crippen LogP contribution in [0, 0.1) is 11.6 Å². The van der Waals surface area contributed by atoms with E-state index in [0.29, 0.717) is 5.56 Å². The molecule has 0 amide bonds. The zero-order valence-corrected chi connectivity index (χ0v) is 10.5. The molecule has 0 aromatic heterocycles. The van der Waals surface area contributed by atoms with E-state index in [9.17, 15) is 8.78 Å². The van der Waals surface area contributed by atoms with Crippen molar-refractivity contribution in [3.8, 4) is 0 Å². The zero-order chi connectivity index (χ0) is 12.8. The summed E-state index contributed by atoms with van der Waals surface area (Å²) in [7, 11) is 1.73. The Morgan fingerprint density at radius 1 is 1.41 bits per heavy atom. The summed E-state index contributed by atoms with van der Waals surface area (Å²) in [4.78, 5) is 0. The van der Waals surface area contributed by atoms with Crippen molar-refractivity contribution in [3.63, 3.8) is 0 Å². The third-order valence-electron chi connectivity index (χ3n) is 2.66. The Bertz CT molecular complexity index is 393. The number of benzene rings is 1. The molecule has 1 nitrogen and oxygen atoms in total. The van der Waals surface area contributed by atoms with Gasteiger partial charge >= 0.3 is 0 Å². The van der Waals surface area contributed by atoms with E-state index in [-0.39, 0.29) is 11.1 Å². The van der Waals surface area contributed by atoms with E-state index in [1.165, 1.54) is 0 Å². The highest BCUT2D eigenvalue weighted by Gasteiger charge is 2.16. The summed E-state index contributed by atoms with van der Waals surface area (Å²) < 4.78 is 27.0. The van der Waals surface area contributed by atoms with Gasteiger partial charge in [-0.25, -0.2) is 8.78 Å². The van der Waals surface area contributed by atoms with E-state index in [4.69, 9.17) is 11.6 Å². The van der Waals surface area contributed by atoms with Crippen molar-refractivity contribution >= 4 is 11.6 Å². The fourth-order valence-corrected chi connectivity index (χ4v) is 1.88. The van der Waals surface area contributed by atoms with E-state index in [1.807, 2.05) is 6.08 Å². The van der Waals surface area contributed by atoms with Crippen molar-refractivity contribution in [1.29, 1.82) is 0 Å². The number of unbranched alkanes of at least 4 members (excludes halogenated alkanes) is 1. The van der Waals surface area contributed by atoms with Gasteiger partial charge in [0.05, 0.1) is 5.02 Å². The number of allylic oxidation sites excluding steroid dienone is 1.